The first kappa shape index (κ1) is 38.4. The van der Waals surface area contributed by atoms with Crippen LogP contribution in [0.15, 0.2) is 0 Å². The van der Waals surface area contributed by atoms with E-state index >= 15 is 0 Å². The van der Waals surface area contributed by atoms with E-state index in [2.05, 4.69) is 10.1 Å². The van der Waals surface area contributed by atoms with Crippen LogP contribution in [0, 0.1) is 29.6 Å². The molecule has 0 radical (unpaired) electrons. The monoisotopic (exact) mass is 643 g/mol. The van der Waals surface area contributed by atoms with E-state index < -0.39 is 45.8 Å². The van der Waals surface area contributed by atoms with Crippen molar-refractivity contribution in [1.82, 2.24) is 20.1 Å². The quantitative estimate of drug-likeness (QED) is 0.157. The van der Waals surface area contributed by atoms with Gasteiger partial charge in [0.1, 0.15) is 0 Å². The minimum atomic E-state index is -3.59. The molecule has 256 valence electrons. The molecular formula is C32H61N5O6S. The number of sulfonamides is 1. The van der Waals surface area contributed by atoms with E-state index in [4.69, 9.17) is 5.73 Å². The molecule has 2 rings (SSSR count). The Kier molecular flexibility index (Phi) is 16.6. The molecule has 0 bridgehead atoms. The Balaban J connectivity index is 2.25. The standard InChI is InChI=1S/C32H61N5O6S/c1-6-14-36(15-7-2)32(41)27-19-25(30(33)39)18-26(20-27)31(40)34-28(17-24-12-10-9-11-13-24)29(38)21-37(16-8-3)35-44(42,43)22-23(4)5/h23-29,35,38H,6-22H2,1-5H3,(H2,33,39)(H,34,40). The molecule has 0 spiro atoms. The number of hydrogen-bond acceptors (Lipinski definition) is 7. The molecule has 44 heavy (non-hydrogen) atoms. The molecule has 11 nitrogen and oxygen atoms in total. The van der Waals surface area contributed by atoms with Gasteiger partial charge in [-0.2, -0.15) is 0 Å². The average molecular weight is 644 g/mol. The molecule has 2 aliphatic rings. The fourth-order valence-electron chi connectivity index (χ4n) is 6.96. The molecule has 0 aromatic carbocycles. The first-order valence-electron chi connectivity index (χ1n) is 17.1. The summed E-state index contributed by atoms with van der Waals surface area (Å²) in [6.07, 6.45) is 8.28. The predicted octanol–water partition coefficient (Wildman–Crippen LogP) is 3.17. The SMILES string of the molecule is CCCN(CC(O)C(CC1CCCCC1)NC(=O)C1CC(C(N)=O)CC(C(=O)N(CCC)CCC)C1)NS(=O)(=O)CC(C)C. The summed E-state index contributed by atoms with van der Waals surface area (Å²) in [5.41, 5.74) is 5.73. The summed E-state index contributed by atoms with van der Waals surface area (Å²) in [6.45, 7) is 11.4. The Morgan fingerprint density at radius 3 is 2.00 bits per heavy atom. The van der Waals surface area contributed by atoms with Crippen molar-refractivity contribution in [3.05, 3.63) is 0 Å². The molecule has 5 N–H and O–H groups in total. The molecule has 0 aliphatic heterocycles. The molecule has 0 heterocycles. The van der Waals surface area contributed by atoms with Crippen LogP contribution in [0.3, 0.4) is 0 Å². The van der Waals surface area contributed by atoms with Gasteiger partial charge in [-0.3, -0.25) is 14.4 Å². The van der Waals surface area contributed by atoms with E-state index in [0.29, 0.717) is 51.2 Å². The Hall–Kier alpha value is -1.76. The van der Waals surface area contributed by atoms with E-state index in [-0.39, 0.29) is 36.5 Å². The van der Waals surface area contributed by atoms with Crippen LogP contribution < -0.4 is 15.9 Å². The lowest BCUT2D eigenvalue weighted by Gasteiger charge is -2.37. The van der Waals surface area contributed by atoms with E-state index in [9.17, 15) is 27.9 Å². The lowest BCUT2D eigenvalue weighted by atomic mass is 9.73. The van der Waals surface area contributed by atoms with E-state index in [1.165, 1.54) is 11.4 Å². The van der Waals surface area contributed by atoms with Crippen LogP contribution in [0.4, 0.5) is 0 Å². The van der Waals surface area contributed by atoms with Crippen molar-refractivity contribution in [2.24, 2.45) is 35.3 Å². The summed E-state index contributed by atoms with van der Waals surface area (Å²) in [6, 6.07) is -0.598. The van der Waals surface area contributed by atoms with Gasteiger partial charge in [-0.05, 0) is 56.8 Å². The highest BCUT2D eigenvalue weighted by atomic mass is 32.2. The molecule has 2 fully saturated rings. The Morgan fingerprint density at radius 2 is 1.45 bits per heavy atom. The zero-order valence-corrected chi connectivity index (χ0v) is 28.7. The van der Waals surface area contributed by atoms with E-state index in [1.54, 1.807) is 0 Å². The number of amides is 3. The predicted molar refractivity (Wildman–Crippen MR) is 173 cm³/mol. The van der Waals surface area contributed by atoms with Crippen LogP contribution in [0.25, 0.3) is 0 Å². The van der Waals surface area contributed by atoms with Crippen molar-refractivity contribution in [2.45, 2.75) is 124 Å². The lowest BCUT2D eigenvalue weighted by molar-refractivity contribution is -0.141. The summed E-state index contributed by atoms with van der Waals surface area (Å²) in [5.74, 6) is -2.17. The highest BCUT2D eigenvalue weighted by Crippen LogP contribution is 2.35. The maximum absolute atomic E-state index is 13.8. The van der Waals surface area contributed by atoms with Crippen molar-refractivity contribution in [2.75, 3.05) is 31.9 Å². The Morgan fingerprint density at radius 1 is 0.886 bits per heavy atom. The van der Waals surface area contributed by atoms with E-state index in [0.717, 1.165) is 38.5 Å². The average Bonchev–Trinajstić information content (AvgIpc) is 2.95. The summed E-state index contributed by atoms with van der Waals surface area (Å²) in [7, 11) is -3.59. The fourth-order valence-corrected chi connectivity index (χ4v) is 8.47. The van der Waals surface area contributed by atoms with Gasteiger partial charge in [0.2, 0.25) is 27.7 Å². The van der Waals surface area contributed by atoms with Gasteiger partial charge in [-0.1, -0.05) is 66.7 Å². The zero-order valence-electron chi connectivity index (χ0n) is 27.9. The first-order chi connectivity index (χ1) is 20.8. The number of primary amides is 1. The summed E-state index contributed by atoms with van der Waals surface area (Å²) < 4.78 is 25.4. The third-order valence-electron chi connectivity index (χ3n) is 8.95. The van der Waals surface area contributed by atoms with Gasteiger partial charge in [0.05, 0.1) is 17.9 Å². The van der Waals surface area contributed by atoms with Crippen molar-refractivity contribution in [3.8, 4) is 0 Å². The topological polar surface area (TPSA) is 162 Å². The van der Waals surface area contributed by atoms with Gasteiger partial charge >= 0.3 is 0 Å². The van der Waals surface area contributed by atoms with Gasteiger partial charge in [-0.15, -0.1) is 4.83 Å². The number of nitrogens with two attached hydrogens (primary N) is 1. The maximum Gasteiger partial charge on any atom is 0.225 e. The summed E-state index contributed by atoms with van der Waals surface area (Å²) in [4.78, 5) is 44.2. The summed E-state index contributed by atoms with van der Waals surface area (Å²) >= 11 is 0. The van der Waals surface area contributed by atoms with Crippen LogP contribution in [0.2, 0.25) is 0 Å². The van der Waals surface area contributed by atoms with Gasteiger partial charge in [-0.25, -0.2) is 13.4 Å². The number of nitrogens with zero attached hydrogens (tertiary/aromatic N) is 2. The second kappa shape index (κ2) is 19.0. The second-order valence-electron chi connectivity index (χ2n) is 13.7. The number of carbonyl (C=O) groups is 3. The first-order valence-corrected chi connectivity index (χ1v) is 18.8. The smallest absolute Gasteiger partial charge is 0.225 e. The molecule has 2 saturated carbocycles. The highest BCUT2D eigenvalue weighted by Gasteiger charge is 2.40. The normalized spacial score (nSPS) is 23.0. The number of carbonyl (C=O) groups excluding carboxylic acids is 3. The van der Waals surface area contributed by atoms with Gasteiger partial charge < -0.3 is 21.1 Å². The van der Waals surface area contributed by atoms with Crippen LogP contribution in [0.5, 0.6) is 0 Å². The Labute approximate surface area is 266 Å². The molecule has 5 unspecified atom stereocenters. The van der Waals surface area contributed by atoms with Crippen molar-refractivity contribution >= 4 is 27.7 Å². The Bertz CT molecular complexity index is 997. The molecule has 2 aliphatic carbocycles. The molecule has 12 heteroatoms. The second-order valence-corrected chi connectivity index (χ2v) is 15.4. The molecular weight excluding hydrogens is 582 g/mol. The molecule has 5 atom stereocenters. The van der Waals surface area contributed by atoms with Crippen LogP contribution in [-0.2, 0) is 24.4 Å². The van der Waals surface area contributed by atoms with Crippen molar-refractivity contribution in [1.29, 1.82) is 0 Å². The zero-order chi connectivity index (χ0) is 32.9. The van der Waals surface area contributed by atoms with Crippen LogP contribution >= 0.6 is 0 Å². The number of rotatable bonds is 19. The van der Waals surface area contributed by atoms with Gasteiger partial charge in [0, 0.05) is 43.9 Å². The number of nitrogens with one attached hydrogen (secondary N) is 2. The molecule has 0 saturated heterocycles. The fraction of sp³-hybridized carbons (Fsp3) is 0.906. The van der Waals surface area contributed by atoms with Crippen LogP contribution in [-0.4, -0.2) is 85.2 Å². The maximum atomic E-state index is 13.8. The van der Waals surface area contributed by atoms with Crippen molar-refractivity contribution < 1.29 is 27.9 Å². The number of aliphatic hydroxyl groups excluding tert-OH is 1. The molecule has 0 aromatic heterocycles. The molecule has 0 aromatic rings. The third-order valence-corrected chi connectivity index (χ3v) is 10.6. The van der Waals surface area contributed by atoms with Gasteiger partial charge in [0.15, 0.2) is 0 Å². The van der Waals surface area contributed by atoms with Crippen LogP contribution in [0.1, 0.15) is 112 Å². The van der Waals surface area contributed by atoms with E-state index in [1.807, 2.05) is 39.5 Å². The minimum absolute atomic E-state index is 0.0257. The summed E-state index contributed by atoms with van der Waals surface area (Å²) in [5, 5.41) is 16.2. The third kappa shape index (κ3) is 12.9. The van der Waals surface area contributed by atoms with Crippen molar-refractivity contribution in [3.63, 3.8) is 0 Å². The minimum Gasteiger partial charge on any atom is -0.390 e. The molecule has 3 amide bonds. The number of hydrogen-bond donors (Lipinski definition) is 4. The lowest BCUT2D eigenvalue weighted by Crippen LogP contribution is -2.55. The van der Waals surface area contributed by atoms with Gasteiger partial charge in [0.25, 0.3) is 0 Å². The number of aliphatic hydroxyl groups is 1. The highest BCUT2D eigenvalue weighted by molar-refractivity contribution is 7.89. The number of hydrazine groups is 1. The largest absolute Gasteiger partial charge is 0.390 e.